The molecular formula is C22H19ClO. The molecule has 24 heavy (non-hydrogen) atoms. The number of benzene rings is 3. The Labute approximate surface area is 147 Å². The van der Waals surface area contributed by atoms with Gasteiger partial charge in [-0.05, 0) is 46.5 Å². The predicted molar refractivity (Wildman–Crippen MR) is 103 cm³/mol. The molecule has 3 rings (SSSR count). The summed E-state index contributed by atoms with van der Waals surface area (Å²) in [5.41, 5.74) is 2.10. The highest BCUT2D eigenvalue weighted by Crippen LogP contribution is 2.22. The molecule has 3 aromatic rings. The Morgan fingerprint density at radius 1 is 0.958 bits per heavy atom. The van der Waals surface area contributed by atoms with Crippen LogP contribution in [-0.2, 0) is 0 Å². The molecule has 0 saturated carbocycles. The van der Waals surface area contributed by atoms with Crippen molar-refractivity contribution in [3.63, 3.8) is 0 Å². The minimum absolute atomic E-state index is 0.750. The third-order valence-corrected chi connectivity index (χ3v) is 4.20. The quantitative estimate of drug-likeness (QED) is 0.365. The molecule has 0 aromatic heterocycles. The maximum Gasteiger partial charge on any atom is 0.127 e. The lowest BCUT2D eigenvalue weighted by atomic mass is 10.1. The van der Waals surface area contributed by atoms with Crippen LogP contribution in [0.5, 0.6) is 5.75 Å². The van der Waals surface area contributed by atoms with Gasteiger partial charge in [0.25, 0.3) is 0 Å². The van der Waals surface area contributed by atoms with Gasteiger partial charge in [-0.25, -0.2) is 0 Å². The highest BCUT2D eigenvalue weighted by molar-refractivity contribution is 6.32. The highest BCUT2D eigenvalue weighted by atomic mass is 35.5. The number of allylic oxidation sites excluding steroid dienone is 2. The van der Waals surface area contributed by atoms with Gasteiger partial charge >= 0.3 is 0 Å². The van der Waals surface area contributed by atoms with Crippen molar-refractivity contribution in [3.8, 4) is 5.75 Å². The lowest BCUT2D eigenvalue weighted by Crippen LogP contribution is -1.86. The summed E-state index contributed by atoms with van der Waals surface area (Å²) < 4.78 is 5.84. The fourth-order valence-electron chi connectivity index (χ4n) is 2.43. The fourth-order valence-corrected chi connectivity index (χ4v) is 2.63. The second-order valence-electron chi connectivity index (χ2n) is 5.53. The summed E-state index contributed by atoms with van der Waals surface area (Å²) in [6.07, 6.45) is 6.75. The van der Waals surface area contributed by atoms with Crippen molar-refractivity contribution < 1.29 is 4.74 Å². The molecule has 3 aromatic carbocycles. The fraction of sp³-hybridized carbons (Fsp3) is 0.0909. The van der Waals surface area contributed by atoms with Gasteiger partial charge in [0.05, 0.1) is 6.26 Å². The van der Waals surface area contributed by atoms with E-state index in [9.17, 15) is 0 Å². The first kappa shape index (κ1) is 16.4. The van der Waals surface area contributed by atoms with Crippen molar-refractivity contribution in [3.05, 3.63) is 95.2 Å². The lowest BCUT2D eigenvalue weighted by molar-refractivity contribution is 0.476. The average molecular weight is 335 g/mol. The zero-order valence-corrected chi connectivity index (χ0v) is 14.3. The summed E-state index contributed by atoms with van der Waals surface area (Å²) in [7, 11) is 0. The number of ether oxygens (including phenoxy) is 1. The molecule has 2 heteroatoms. The molecule has 0 aliphatic carbocycles. The van der Waals surface area contributed by atoms with E-state index >= 15 is 0 Å². The Kier molecular flexibility index (Phi) is 5.35. The Balaban J connectivity index is 1.76. The molecule has 0 radical (unpaired) electrons. The van der Waals surface area contributed by atoms with Crippen LogP contribution in [0.1, 0.15) is 18.9 Å². The molecule has 0 fully saturated rings. The first-order valence-electron chi connectivity index (χ1n) is 8.03. The predicted octanol–water partition coefficient (Wildman–Crippen LogP) is 6.88. The van der Waals surface area contributed by atoms with Crippen LogP contribution in [0.3, 0.4) is 0 Å². The molecule has 120 valence electrons. The van der Waals surface area contributed by atoms with Crippen molar-refractivity contribution in [2.45, 2.75) is 13.3 Å². The van der Waals surface area contributed by atoms with Gasteiger partial charge < -0.3 is 4.74 Å². The van der Waals surface area contributed by atoms with Gasteiger partial charge in [-0.15, -0.1) is 0 Å². The molecule has 0 amide bonds. The van der Waals surface area contributed by atoms with E-state index in [0.717, 1.165) is 28.3 Å². The zero-order valence-electron chi connectivity index (χ0n) is 13.6. The summed E-state index contributed by atoms with van der Waals surface area (Å²) in [6, 6.07) is 22.2. The van der Waals surface area contributed by atoms with Crippen molar-refractivity contribution in [1.82, 2.24) is 0 Å². The average Bonchev–Trinajstić information content (AvgIpc) is 2.63. The Morgan fingerprint density at radius 2 is 1.71 bits per heavy atom. The third kappa shape index (κ3) is 4.06. The molecule has 0 atom stereocenters. The van der Waals surface area contributed by atoms with Gasteiger partial charge in [-0.1, -0.05) is 79.2 Å². The molecule has 0 bridgehead atoms. The molecular weight excluding hydrogens is 316 g/mol. The molecule has 0 heterocycles. The Bertz CT molecular complexity index is 893. The van der Waals surface area contributed by atoms with Crippen LogP contribution in [0.2, 0.25) is 5.02 Å². The number of halogens is 1. The number of fused-ring (bicyclic) bond motifs is 1. The standard InChI is InChI=1S/C22H19ClO/c1-2-17(11-12-19-8-5-6-10-22(19)23)16-24-21-14-13-18-7-3-4-9-20(18)15-21/h3-16H,2H2,1H3. The van der Waals surface area contributed by atoms with E-state index in [4.69, 9.17) is 16.3 Å². The Morgan fingerprint density at radius 3 is 2.50 bits per heavy atom. The van der Waals surface area contributed by atoms with Gasteiger partial charge in [-0.2, -0.15) is 0 Å². The maximum atomic E-state index is 6.18. The second kappa shape index (κ2) is 7.85. The van der Waals surface area contributed by atoms with Crippen LogP contribution in [0.25, 0.3) is 16.8 Å². The van der Waals surface area contributed by atoms with Gasteiger partial charge in [0.15, 0.2) is 0 Å². The molecule has 0 N–H and O–H groups in total. The smallest absolute Gasteiger partial charge is 0.127 e. The van der Waals surface area contributed by atoms with E-state index < -0.39 is 0 Å². The molecule has 1 nitrogen and oxygen atoms in total. The SMILES string of the molecule is CCC(C=Cc1ccccc1Cl)=COc1ccc2ccccc2c1. The molecule has 0 aliphatic rings. The van der Waals surface area contributed by atoms with E-state index in [1.807, 2.05) is 54.6 Å². The van der Waals surface area contributed by atoms with Gasteiger partial charge in [0.2, 0.25) is 0 Å². The Hall–Kier alpha value is -2.51. The van der Waals surface area contributed by atoms with Crippen molar-refractivity contribution in [1.29, 1.82) is 0 Å². The van der Waals surface area contributed by atoms with Crippen LogP contribution < -0.4 is 4.74 Å². The topological polar surface area (TPSA) is 9.23 Å². The molecule has 0 aliphatic heterocycles. The van der Waals surface area contributed by atoms with E-state index in [0.29, 0.717) is 0 Å². The number of hydrogen-bond acceptors (Lipinski definition) is 1. The van der Waals surface area contributed by atoms with Crippen LogP contribution in [0.4, 0.5) is 0 Å². The summed E-state index contributed by atoms with van der Waals surface area (Å²) in [5, 5.41) is 3.14. The molecule has 0 unspecified atom stereocenters. The largest absolute Gasteiger partial charge is 0.465 e. The third-order valence-electron chi connectivity index (χ3n) is 3.86. The van der Waals surface area contributed by atoms with E-state index in [2.05, 4.69) is 31.2 Å². The first-order valence-corrected chi connectivity index (χ1v) is 8.41. The van der Waals surface area contributed by atoms with Crippen LogP contribution in [-0.4, -0.2) is 0 Å². The minimum atomic E-state index is 0.750. The van der Waals surface area contributed by atoms with Crippen LogP contribution >= 0.6 is 11.6 Å². The lowest BCUT2D eigenvalue weighted by Gasteiger charge is -2.05. The normalized spacial score (nSPS) is 12.0. The summed E-state index contributed by atoms with van der Waals surface area (Å²) >= 11 is 6.18. The maximum absolute atomic E-state index is 6.18. The monoisotopic (exact) mass is 334 g/mol. The van der Waals surface area contributed by atoms with Crippen molar-refractivity contribution in [2.75, 3.05) is 0 Å². The first-order chi connectivity index (χ1) is 11.8. The van der Waals surface area contributed by atoms with Crippen molar-refractivity contribution >= 4 is 28.4 Å². The number of hydrogen-bond donors (Lipinski definition) is 0. The van der Waals surface area contributed by atoms with E-state index in [-0.39, 0.29) is 0 Å². The van der Waals surface area contributed by atoms with E-state index in [1.165, 1.54) is 10.8 Å². The second-order valence-corrected chi connectivity index (χ2v) is 5.94. The molecule has 0 saturated heterocycles. The van der Waals surface area contributed by atoms with E-state index in [1.54, 1.807) is 6.26 Å². The van der Waals surface area contributed by atoms with Gasteiger partial charge in [0.1, 0.15) is 5.75 Å². The van der Waals surface area contributed by atoms with Crippen LogP contribution in [0.15, 0.2) is 84.6 Å². The molecule has 0 spiro atoms. The highest BCUT2D eigenvalue weighted by Gasteiger charge is 1.98. The van der Waals surface area contributed by atoms with Gasteiger partial charge in [0, 0.05) is 5.02 Å². The van der Waals surface area contributed by atoms with Crippen molar-refractivity contribution in [2.24, 2.45) is 0 Å². The number of rotatable bonds is 5. The summed E-state index contributed by atoms with van der Waals surface area (Å²) in [6.45, 7) is 2.10. The zero-order chi connectivity index (χ0) is 16.8. The summed E-state index contributed by atoms with van der Waals surface area (Å²) in [5.74, 6) is 0.839. The van der Waals surface area contributed by atoms with Crippen LogP contribution in [0, 0.1) is 0 Å². The van der Waals surface area contributed by atoms with Gasteiger partial charge in [-0.3, -0.25) is 0 Å². The minimum Gasteiger partial charge on any atom is -0.465 e. The summed E-state index contributed by atoms with van der Waals surface area (Å²) in [4.78, 5) is 0.